The van der Waals surface area contributed by atoms with Gasteiger partial charge in [-0.05, 0) is 57.6 Å². The van der Waals surface area contributed by atoms with Crippen molar-refractivity contribution in [2.24, 2.45) is 5.92 Å². The van der Waals surface area contributed by atoms with Gasteiger partial charge in [-0.15, -0.1) is 0 Å². The highest BCUT2D eigenvalue weighted by Crippen LogP contribution is 2.52. The zero-order chi connectivity index (χ0) is 24.5. The number of carbonyl (C=O) groups is 3. The van der Waals surface area contributed by atoms with Crippen molar-refractivity contribution in [3.05, 3.63) is 47.5 Å². The normalized spacial score (nSPS) is 22.1. The molecule has 33 heavy (non-hydrogen) atoms. The standard InChI is InChI=1S/C26H37N3O4/c1-7-16(2)20(27-24(31)17(3)29(25(32)33)26(4,5)6)12-15-23(30)28-21-13-14-22(28)19-11-9-8-10-18(19)21/h8-12,15-17,20-22H,7,13-14H2,1-6H3,(H,27,31)(H,32,33)/b15-12+/t16-,17-,20+,21-,22+/m0/s1. The molecule has 3 rings (SSSR count). The second-order valence-electron chi connectivity index (χ2n) is 10.3. The van der Waals surface area contributed by atoms with Gasteiger partial charge in [0.25, 0.3) is 0 Å². The van der Waals surface area contributed by atoms with E-state index in [2.05, 4.69) is 17.4 Å². The Kier molecular flexibility index (Phi) is 7.20. The van der Waals surface area contributed by atoms with Gasteiger partial charge in [0.2, 0.25) is 11.8 Å². The van der Waals surface area contributed by atoms with Crippen molar-refractivity contribution >= 4 is 17.9 Å². The van der Waals surface area contributed by atoms with Gasteiger partial charge in [0.15, 0.2) is 0 Å². The fraction of sp³-hybridized carbons (Fsp3) is 0.577. The quantitative estimate of drug-likeness (QED) is 0.585. The number of carboxylic acid groups (broad SMARTS) is 1. The van der Waals surface area contributed by atoms with E-state index in [0.717, 1.165) is 24.2 Å². The summed E-state index contributed by atoms with van der Waals surface area (Å²) < 4.78 is 0. The first-order valence-corrected chi connectivity index (χ1v) is 11.9. The number of carbonyl (C=O) groups excluding carboxylic acids is 2. The summed E-state index contributed by atoms with van der Waals surface area (Å²) in [6.45, 7) is 10.9. The van der Waals surface area contributed by atoms with Gasteiger partial charge < -0.3 is 15.3 Å². The molecule has 7 nitrogen and oxygen atoms in total. The Morgan fingerprint density at radius 1 is 1.15 bits per heavy atom. The van der Waals surface area contributed by atoms with Gasteiger partial charge in [-0.3, -0.25) is 14.5 Å². The Morgan fingerprint density at radius 2 is 1.70 bits per heavy atom. The minimum absolute atomic E-state index is 0.0452. The number of hydrogen-bond acceptors (Lipinski definition) is 3. The lowest BCUT2D eigenvalue weighted by Gasteiger charge is -2.37. The maximum atomic E-state index is 13.2. The van der Waals surface area contributed by atoms with E-state index in [9.17, 15) is 19.5 Å². The van der Waals surface area contributed by atoms with Crippen molar-refractivity contribution in [2.45, 2.75) is 90.5 Å². The molecule has 3 amide bonds. The molecule has 2 aliphatic rings. The smallest absolute Gasteiger partial charge is 0.408 e. The Hall–Kier alpha value is -2.83. The van der Waals surface area contributed by atoms with Gasteiger partial charge >= 0.3 is 6.09 Å². The van der Waals surface area contributed by atoms with E-state index in [1.54, 1.807) is 39.8 Å². The topological polar surface area (TPSA) is 90.0 Å². The number of benzene rings is 1. The molecule has 0 spiro atoms. The van der Waals surface area contributed by atoms with Crippen molar-refractivity contribution in [3.63, 3.8) is 0 Å². The van der Waals surface area contributed by atoms with Crippen molar-refractivity contribution < 1.29 is 19.5 Å². The van der Waals surface area contributed by atoms with E-state index in [0.29, 0.717) is 0 Å². The van der Waals surface area contributed by atoms with Crippen molar-refractivity contribution in [1.82, 2.24) is 15.1 Å². The fourth-order valence-electron chi connectivity index (χ4n) is 5.19. The SMILES string of the molecule is CC[C@H](C)[C@@H](/C=C/C(=O)N1[C@@H]2CC[C@H]1c1ccccc12)NC(=O)[C@H](C)N(C(=O)O)C(C)(C)C. The molecular weight excluding hydrogens is 418 g/mol. The van der Waals surface area contributed by atoms with Crippen molar-refractivity contribution in [3.8, 4) is 0 Å². The predicted octanol–water partition coefficient (Wildman–Crippen LogP) is 4.66. The molecule has 0 saturated carbocycles. The van der Waals surface area contributed by atoms with Gasteiger partial charge in [-0.2, -0.15) is 0 Å². The zero-order valence-corrected chi connectivity index (χ0v) is 20.5. The first kappa shape index (κ1) is 24.8. The molecule has 2 bridgehead atoms. The molecule has 1 fully saturated rings. The Morgan fingerprint density at radius 3 is 2.15 bits per heavy atom. The van der Waals surface area contributed by atoms with Crippen LogP contribution in [-0.4, -0.2) is 50.4 Å². The highest BCUT2D eigenvalue weighted by Gasteiger charge is 2.45. The lowest BCUT2D eigenvalue weighted by molar-refractivity contribution is -0.129. The Bertz CT molecular complexity index is 905. The van der Waals surface area contributed by atoms with Crippen LogP contribution in [0.3, 0.4) is 0 Å². The highest BCUT2D eigenvalue weighted by molar-refractivity contribution is 5.90. The van der Waals surface area contributed by atoms with E-state index < -0.39 is 17.7 Å². The molecule has 180 valence electrons. The molecule has 1 aromatic carbocycles. The number of amides is 3. The van der Waals surface area contributed by atoms with Crippen LogP contribution in [0, 0.1) is 5.92 Å². The number of fused-ring (bicyclic) bond motifs is 5. The lowest BCUT2D eigenvalue weighted by atomic mass is 9.92. The first-order valence-electron chi connectivity index (χ1n) is 11.9. The molecule has 1 saturated heterocycles. The van der Waals surface area contributed by atoms with Crippen LogP contribution >= 0.6 is 0 Å². The molecule has 0 aliphatic carbocycles. The summed E-state index contributed by atoms with van der Waals surface area (Å²) >= 11 is 0. The summed E-state index contributed by atoms with van der Waals surface area (Å²) in [7, 11) is 0. The van der Waals surface area contributed by atoms with Crippen molar-refractivity contribution in [1.29, 1.82) is 0 Å². The lowest BCUT2D eigenvalue weighted by Crippen LogP contribution is -2.57. The summed E-state index contributed by atoms with van der Waals surface area (Å²) in [6.07, 6.45) is 4.97. The molecule has 0 unspecified atom stereocenters. The molecule has 7 heteroatoms. The average Bonchev–Trinajstić information content (AvgIpc) is 3.32. The maximum Gasteiger partial charge on any atom is 0.408 e. The minimum Gasteiger partial charge on any atom is -0.465 e. The van der Waals surface area contributed by atoms with Crippen LogP contribution in [0.2, 0.25) is 0 Å². The summed E-state index contributed by atoms with van der Waals surface area (Å²) in [5.41, 5.74) is 1.77. The third-order valence-corrected chi connectivity index (χ3v) is 7.06. The summed E-state index contributed by atoms with van der Waals surface area (Å²) in [5, 5.41) is 12.6. The van der Waals surface area contributed by atoms with Crippen LogP contribution in [0.5, 0.6) is 0 Å². The van der Waals surface area contributed by atoms with Gasteiger partial charge in [0.1, 0.15) is 6.04 Å². The van der Waals surface area contributed by atoms with Gasteiger partial charge in [0, 0.05) is 11.6 Å². The third-order valence-electron chi connectivity index (χ3n) is 7.06. The summed E-state index contributed by atoms with van der Waals surface area (Å²) in [6, 6.07) is 7.27. The minimum atomic E-state index is -1.14. The molecule has 5 atom stereocenters. The molecular formula is C26H37N3O4. The summed E-state index contributed by atoms with van der Waals surface area (Å²) in [4.78, 5) is 41.1. The average molecular weight is 456 g/mol. The molecule has 0 aromatic heterocycles. The number of rotatable bonds is 7. The van der Waals surface area contributed by atoms with Crippen LogP contribution in [0.15, 0.2) is 36.4 Å². The van der Waals surface area contributed by atoms with Gasteiger partial charge in [-0.1, -0.05) is 50.6 Å². The Balaban J connectivity index is 1.73. The number of nitrogens with one attached hydrogen (secondary N) is 1. The van der Waals surface area contributed by atoms with Crippen LogP contribution in [0.1, 0.15) is 84.0 Å². The first-order chi connectivity index (χ1) is 15.5. The maximum absolute atomic E-state index is 13.2. The third kappa shape index (κ3) is 4.92. The molecule has 2 heterocycles. The van der Waals surface area contributed by atoms with Crippen LogP contribution in [-0.2, 0) is 9.59 Å². The predicted molar refractivity (Wildman–Crippen MR) is 128 cm³/mol. The molecule has 1 aromatic rings. The van der Waals surface area contributed by atoms with Crippen molar-refractivity contribution in [2.75, 3.05) is 0 Å². The Labute approximate surface area is 196 Å². The molecule has 2 N–H and O–H groups in total. The van der Waals surface area contributed by atoms with Crippen LogP contribution < -0.4 is 5.32 Å². The molecule has 0 radical (unpaired) electrons. The van der Waals surface area contributed by atoms with E-state index in [-0.39, 0.29) is 35.9 Å². The largest absolute Gasteiger partial charge is 0.465 e. The number of hydrogen-bond donors (Lipinski definition) is 2. The van der Waals surface area contributed by atoms with E-state index >= 15 is 0 Å². The van der Waals surface area contributed by atoms with Gasteiger partial charge in [0.05, 0.1) is 18.1 Å². The molecule has 2 aliphatic heterocycles. The number of nitrogens with zero attached hydrogens (tertiary/aromatic N) is 2. The zero-order valence-electron chi connectivity index (χ0n) is 20.5. The monoisotopic (exact) mass is 455 g/mol. The second kappa shape index (κ2) is 9.57. The van der Waals surface area contributed by atoms with Crippen LogP contribution in [0.25, 0.3) is 0 Å². The second-order valence-corrected chi connectivity index (χ2v) is 10.3. The van der Waals surface area contributed by atoms with E-state index in [1.807, 2.05) is 30.9 Å². The van der Waals surface area contributed by atoms with E-state index in [4.69, 9.17) is 0 Å². The highest BCUT2D eigenvalue weighted by atomic mass is 16.4. The fourth-order valence-corrected chi connectivity index (χ4v) is 5.19. The van der Waals surface area contributed by atoms with Gasteiger partial charge in [-0.25, -0.2) is 4.79 Å². The van der Waals surface area contributed by atoms with E-state index in [1.165, 1.54) is 11.1 Å². The summed E-state index contributed by atoms with van der Waals surface area (Å²) in [5.74, 6) is -0.329. The van der Waals surface area contributed by atoms with Crippen LogP contribution in [0.4, 0.5) is 4.79 Å².